The second kappa shape index (κ2) is 9.45. The van der Waals surface area contributed by atoms with Crippen LogP contribution in [0.3, 0.4) is 0 Å². The molecule has 28 heavy (non-hydrogen) atoms. The van der Waals surface area contributed by atoms with Crippen LogP contribution in [0.25, 0.3) is 0 Å². The van der Waals surface area contributed by atoms with Gasteiger partial charge in [-0.15, -0.1) is 0 Å². The van der Waals surface area contributed by atoms with Crippen LogP contribution in [-0.2, 0) is 6.18 Å². The normalized spacial score (nSPS) is 12.4. The van der Waals surface area contributed by atoms with Crippen molar-refractivity contribution in [3.8, 4) is 11.5 Å². The highest BCUT2D eigenvalue weighted by Crippen LogP contribution is 2.36. The van der Waals surface area contributed by atoms with E-state index in [4.69, 9.17) is 9.47 Å². The van der Waals surface area contributed by atoms with Gasteiger partial charge in [0, 0.05) is 26.6 Å². The number of hydrogen-bond donors (Lipinski definition) is 1. The molecular formula is C20H23F3N2O3. The minimum atomic E-state index is -4.47. The van der Waals surface area contributed by atoms with Gasteiger partial charge in [-0.2, -0.15) is 13.2 Å². The van der Waals surface area contributed by atoms with E-state index in [0.29, 0.717) is 12.2 Å². The molecule has 0 aliphatic carbocycles. The highest BCUT2D eigenvalue weighted by atomic mass is 19.4. The zero-order chi connectivity index (χ0) is 20.7. The molecule has 1 atom stereocenters. The van der Waals surface area contributed by atoms with Crippen LogP contribution in [-0.4, -0.2) is 38.7 Å². The van der Waals surface area contributed by atoms with Crippen LogP contribution in [0.4, 0.5) is 18.0 Å². The van der Waals surface area contributed by atoms with Gasteiger partial charge in [0.25, 0.3) is 0 Å². The van der Waals surface area contributed by atoms with Gasteiger partial charge in [-0.25, -0.2) is 4.79 Å². The van der Waals surface area contributed by atoms with Crippen LogP contribution in [0, 0.1) is 0 Å². The van der Waals surface area contributed by atoms with Crippen LogP contribution in [0.5, 0.6) is 11.5 Å². The number of carbonyl (C=O) groups is 1. The molecule has 0 fully saturated rings. The van der Waals surface area contributed by atoms with E-state index in [1.165, 1.54) is 23.1 Å². The predicted molar refractivity (Wildman–Crippen MR) is 99.5 cm³/mol. The van der Waals surface area contributed by atoms with Gasteiger partial charge in [-0.3, -0.25) is 0 Å². The van der Waals surface area contributed by atoms with Crippen LogP contribution in [0.2, 0.25) is 0 Å². The average Bonchev–Trinajstić information content (AvgIpc) is 2.65. The van der Waals surface area contributed by atoms with Crippen molar-refractivity contribution in [2.45, 2.75) is 18.6 Å². The summed E-state index contributed by atoms with van der Waals surface area (Å²) >= 11 is 0. The molecule has 0 aliphatic rings. The number of rotatable bonds is 7. The number of para-hydroxylation sites is 1. The molecule has 0 spiro atoms. The Morgan fingerprint density at radius 3 is 2.50 bits per heavy atom. The SMILES string of the molecule is CNC(CCOc1ccccc1C(F)(F)F)c1cccc(OC(=O)N(C)C)c1. The minimum Gasteiger partial charge on any atom is -0.493 e. The summed E-state index contributed by atoms with van der Waals surface area (Å²) < 4.78 is 49.7. The van der Waals surface area contributed by atoms with Crippen molar-refractivity contribution in [1.29, 1.82) is 0 Å². The number of alkyl halides is 3. The van der Waals surface area contributed by atoms with E-state index in [0.717, 1.165) is 11.6 Å². The fourth-order valence-electron chi connectivity index (χ4n) is 2.58. The van der Waals surface area contributed by atoms with Crippen LogP contribution in [0.15, 0.2) is 48.5 Å². The lowest BCUT2D eigenvalue weighted by molar-refractivity contribution is -0.139. The van der Waals surface area contributed by atoms with Gasteiger partial charge in [-0.1, -0.05) is 24.3 Å². The Morgan fingerprint density at radius 1 is 1.14 bits per heavy atom. The van der Waals surface area contributed by atoms with Gasteiger partial charge in [0.1, 0.15) is 11.5 Å². The summed E-state index contributed by atoms with van der Waals surface area (Å²) in [5.74, 6) is 0.193. The summed E-state index contributed by atoms with van der Waals surface area (Å²) in [6, 6.07) is 11.9. The molecule has 0 aliphatic heterocycles. The van der Waals surface area contributed by atoms with E-state index in [-0.39, 0.29) is 18.4 Å². The van der Waals surface area contributed by atoms with Crippen molar-refractivity contribution >= 4 is 6.09 Å². The third-order valence-electron chi connectivity index (χ3n) is 4.04. The Balaban J connectivity index is 2.03. The Morgan fingerprint density at radius 2 is 1.86 bits per heavy atom. The maximum Gasteiger partial charge on any atom is 0.419 e. The molecule has 0 saturated carbocycles. The average molecular weight is 396 g/mol. The van der Waals surface area contributed by atoms with Gasteiger partial charge in [-0.05, 0) is 36.9 Å². The summed E-state index contributed by atoms with van der Waals surface area (Å²) in [5.41, 5.74) is 0.0351. The van der Waals surface area contributed by atoms with Gasteiger partial charge in [0.05, 0.1) is 12.2 Å². The molecule has 8 heteroatoms. The molecule has 2 aromatic rings. The molecular weight excluding hydrogens is 373 g/mol. The summed E-state index contributed by atoms with van der Waals surface area (Å²) in [7, 11) is 4.91. The summed E-state index contributed by atoms with van der Waals surface area (Å²) in [5, 5.41) is 3.10. The first-order valence-electron chi connectivity index (χ1n) is 8.67. The third kappa shape index (κ3) is 5.88. The first kappa shape index (κ1) is 21.6. The summed E-state index contributed by atoms with van der Waals surface area (Å²) in [6.45, 7) is 0.0836. The molecule has 5 nitrogen and oxygen atoms in total. The van der Waals surface area contributed by atoms with E-state index in [9.17, 15) is 18.0 Å². The quantitative estimate of drug-likeness (QED) is 0.749. The van der Waals surface area contributed by atoms with Crippen molar-refractivity contribution in [1.82, 2.24) is 10.2 Å². The number of ether oxygens (including phenoxy) is 2. The zero-order valence-electron chi connectivity index (χ0n) is 15.9. The number of nitrogens with one attached hydrogen (secondary N) is 1. The minimum absolute atomic E-state index is 0.0836. The van der Waals surface area contributed by atoms with Gasteiger partial charge < -0.3 is 19.7 Å². The maximum absolute atomic E-state index is 13.0. The molecule has 152 valence electrons. The molecule has 1 unspecified atom stereocenters. The van der Waals surface area contributed by atoms with E-state index in [1.807, 2.05) is 6.07 Å². The molecule has 0 radical (unpaired) electrons. The summed E-state index contributed by atoms with van der Waals surface area (Å²) in [6.07, 6.45) is -4.54. The lowest BCUT2D eigenvalue weighted by Crippen LogP contribution is -2.25. The fourth-order valence-corrected chi connectivity index (χ4v) is 2.58. The lowest BCUT2D eigenvalue weighted by atomic mass is 10.0. The Hall–Kier alpha value is -2.74. The second-order valence-electron chi connectivity index (χ2n) is 6.31. The molecule has 0 saturated heterocycles. The number of halogens is 3. The van der Waals surface area contributed by atoms with Gasteiger partial charge in [0.2, 0.25) is 0 Å². The standard InChI is InChI=1S/C20H23F3N2O3/c1-24-17(14-7-6-8-15(13-14)28-19(26)25(2)3)11-12-27-18-10-5-4-9-16(18)20(21,22)23/h4-10,13,17,24H,11-12H2,1-3H3. The van der Waals surface area contributed by atoms with Crippen molar-refractivity contribution in [3.05, 3.63) is 59.7 Å². The Labute approximate surface area is 162 Å². The van der Waals surface area contributed by atoms with Crippen molar-refractivity contribution in [2.24, 2.45) is 0 Å². The van der Waals surface area contributed by atoms with Crippen molar-refractivity contribution in [3.63, 3.8) is 0 Å². The molecule has 2 rings (SSSR count). The monoisotopic (exact) mass is 396 g/mol. The van der Waals surface area contributed by atoms with E-state index in [1.54, 1.807) is 39.3 Å². The highest BCUT2D eigenvalue weighted by Gasteiger charge is 2.34. The van der Waals surface area contributed by atoms with Gasteiger partial charge in [0.15, 0.2) is 0 Å². The second-order valence-corrected chi connectivity index (χ2v) is 6.31. The number of hydrogen-bond acceptors (Lipinski definition) is 4. The van der Waals surface area contributed by atoms with Crippen LogP contribution in [0.1, 0.15) is 23.6 Å². The van der Waals surface area contributed by atoms with E-state index < -0.39 is 17.8 Å². The molecule has 0 heterocycles. The molecule has 0 aromatic heterocycles. The number of amides is 1. The lowest BCUT2D eigenvalue weighted by Gasteiger charge is -2.19. The van der Waals surface area contributed by atoms with Crippen LogP contribution < -0.4 is 14.8 Å². The van der Waals surface area contributed by atoms with E-state index >= 15 is 0 Å². The number of carbonyl (C=O) groups excluding carboxylic acids is 1. The number of nitrogens with zero attached hydrogens (tertiary/aromatic N) is 1. The molecule has 0 bridgehead atoms. The number of benzene rings is 2. The zero-order valence-corrected chi connectivity index (χ0v) is 15.9. The molecule has 1 amide bonds. The van der Waals surface area contributed by atoms with Crippen molar-refractivity contribution < 1.29 is 27.4 Å². The predicted octanol–water partition coefficient (Wildman–Crippen LogP) is 4.50. The maximum atomic E-state index is 13.0. The van der Waals surface area contributed by atoms with E-state index in [2.05, 4.69) is 5.32 Å². The Kier molecular flexibility index (Phi) is 7.28. The van der Waals surface area contributed by atoms with Crippen molar-refractivity contribution in [2.75, 3.05) is 27.7 Å². The first-order valence-corrected chi connectivity index (χ1v) is 8.67. The topological polar surface area (TPSA) is 50.8 Å². The largest absolute Gasteiger partial charge is 0.493 e. The van der Waals surface area contributed by atoms with Crippen LogP contribution >= 0.6 is 0 Å². The summed E-state index contributed by atoms with van der Waals surface area (Å²) in [4.78, 5) is 13.0. The fraction of sp³-hybridized carbons (Fsp3) is 0.350. The Bertz CT molecular complexity index is 794. The molecule has 2 aromatic carbocycles. The first-order chi connectivity index (χ1) is 13.2. The highest BCUT2D eigenvalue weighted by molar-refractivity contribution is 5.70. The van der Waals surface area contributed by atoms with Gasteiger partial charge >= 0.3 is 12.3 Å². The molecule has 1 N–H and O–H groups in total. The third-order valence-corrected chi connectivity index (χ3v) is 4.04. The smallest absolute Gasteiger partial charge is 0.419 e.